The molecule has 102 valence electrons. The monoisotopic (exact) mass is 288 g/mol. The van der Waals surface area contributed by atoms with E-state index in [0.717, 1.165) is 23.3 Å². The number of aryl methyl sites for hydroxylation is 1. The molecule has 1 N–H and O–H groups in total. The van der Waals surface area contributed by atoms with Crippen LogP contribution in [0.2, 0.25) is 5.15 Å². The first kappa shape index (κ1) is 12.9. The van der Waals surface area contributed by atoms with Gasteiger partial charge in [0.1, 0.15) is 5.75 Å². The largest absolute Gasteiger partial charge is 0.493 e. The van der Waals surface area contributed by atoms with E-state index in [0.29, 0.717) is 17.9 Å². The molecule has 0 atom stereocenters. The molecule has 4 nitrogen and oxygen atoms in total. The van der Waals surface area contributed by atoms with E-state index < -0.39 is 0 Å². The topological polar surface area (TPSA) is 51.2 Å². The van der Waals surface area contributed by atoms with Crippen LogP contribution in [0, 0.1) is 6.92 Å². The molecule has 2 heterocycles. The Balaban J connectivity index is 1.84. The molecule has 1 aliphatic heterocycles. The molecule has 0 fully saturated rings. The number of carbonyl (C=O) groups excluding carboxylic acids is 1. The normalized spacial score (nSPS) is 12.7. The summed E-state index contributed by atoms with van der Waals surface area (Å²) in [7, 11) is 0. The lowest BCUT2D eigenvalue weighted by Gasteiger charge is -2.08. The zero-order valence-electron chi connectivity index (χ0n) is 10.9. The Morgan fingerprint density at radius 2 is 2.25 bits per heavy atom. The maximum absolute atomic E-state index is 12.2. The van der Waals surface area contributed by atoms with Gasteiger partial charge < -0.3 is 10.1 Å². The minimum absolute atomic E-state index is 0.200. The summed E-state index contributed by atoms with van der Waals surface area (Å²) in [6.07, 6.45) is 2.49. The van der Waals surface area contributed by atoms with E-state index in [-0.39, 0.29) is 11.1 Å². The van der Waals surface area contributed by atoms with E-state index in [4.69, 9.17) is 16.3 Å². The van der Waals surface area contributed by atoms with Gasteiger partial charge in [0.05, 0.1) is 12.3 Å². The summed E-state index contributed by atoms with van der Waals surface area (Å²) in [5.74, 6) is 0.658. The van der Waals surface area contributed by atoms with Crippen molar-refractivity contribution in [3.8, 4) is 5.75 Å². The number of benzene rings is 1. The highest BCUT2D eigenvalue weighted by molar-refractivity contribution is 6.32. The number of aromatic nitrogens is 1. The van der Waals surface area contributed by atoms with Crippen molar-refractivity contribution >= 4 is 23.2 Å². The number of nitrogens with zero attached hydrogens (tertiary/aromatic N) is 1. The molecule has 0 bridgehead atoms. The van der Waals surface area contributed by atoms with Crippen LogP contribution >= 0.6 is 11.6 Å². The third-order valence-corrected chi connectivity index (χ3v) is 3.48. The van der Waals surface area contributed by atoms with E-state index in [1.54, 1.807) is 18.3 Å². The van der Waals surface area contributed by atoms with Crippen molar-refractivity contribution in [3.05, 3.63) is 52.3 Å². The molecule has 20 heavy (non-hydrogen) atoms. The number of halogens is 1. The Hall–Kier alpha value is -2.07. The second kappa shape index (κ2) is 5.13. The zero-order chi connectivity index (χ0) is 14.1. The van der Waals surface area contributed by atoms with E-state index in [1.165, 1.54) is 0 Å². The lowest BCUT2D eigenvalue weighted by molar-refractivity contribution is 0.102. The van der Waals surface area contributed by atoms with Crippen molar-refractivity contribution in [2.24, 2.45) is 0 Å². The lowest BCUT2D eigenvalue weighted by Crippen LogP contribution is -2.12. The molecule has 0 saturated heterocycles. The van der Waals surface area contributed by atoms with Crippen LogP contribution in [0.1, 0.15) is 21.5 Å². The third-order valence-electron chi connectivity index (χ3n) is 3.18. The number of nitrogens with one attached hydrogen (secondary N) is 1. The van der Waals surface area contributed by atoms with Crippen molar-refractivity contribution in [2.75, 3.05) is 11.9 Å². The molecule has 1 aliphatic rings. The molecule has 2 aromatic rings. The number of rotatable bonds is 2. The van der Waals surface area contributed by atoms with Gasteiger partial charge in [0.25, 0.3) is 5.91 Å². The molecule has 5 heteroatoms. The van der Waals surface area contributed by atoms with Crippen molar-refractivity contribution in [1.82, 2.24) is 4.98 Å². The molecular formula is C15H13ClN2O2. The van der Waals surface area contributed by atoms with Crippen LogP contribution in [-0.4, -0.2) is 17.5 Å². The van der Waals surface area contributed by atoms with Crippen molar-refractivity contribution in [2.45, 2.75) is 13.3 Å². The van der Waals surface area contributed by atoms with Gasteiger partial charge >= 0.3 is 0 Å². The fourth-order valence-electron chi connectivity index (χ4n) is 2.16. The van der Waals surface area contributed by atoms with Gasteiger partial charge in [0, 0.05) is 18.2 Å². The second-order valence-corrected chi connectivity index (χ2v) is 5.08. The number of hydrogen-bond donors (Lipinski definition) is 1. The Kier molecular flexibility index (Phi) is 3.32. The van der Waals surface area contributed by atoms with Crippen LogP contribution in [-0.2, 0) is 6.42 Å². The molecule has 1 aromatic carbocycles. The van der Waals surface area contributed by atoms with Crippen LogP contribution in [0.25, 0.3) is 0 Å². The van der Waals surface area contributed by atoms with E-state index >= 15 is 0 Å². The van der Waals surface area contributed by atoms with Crippen LogP contribution in [0.5, 0.6) is 5.75 Å². The smallest absolute Gasteiger partial charge is 0.255 e. The summed E-state index contributed by atoms with van der Waals surface area (Å²) in [4.78, 5) is 16.3. The van der Waals surface area contributed by atoms with E-state index in [9.17, 15) is 4.79 Å². The van der Waals surface area contributed by atoms with E-state index in [1.807, 2.05) is 19.1 Å². The Morgan fingerprint density at radius 3 is 3.10 bits per heavy atom. The van der Waals surface area contributed by atoms with Gasteiger partial charge in [-0.3, -0.25) is 4.79 Å². The fraction of sp³-hybridized carbons (Fsp3) is 0.200. The summed E-state index contributed by atoms with van der Waals surface area (Å²) in [5.41, 5.74) is 3.11. The average molecular weight is 289 g/mol. The molecule has 0 radical (unpaired) electrons. The minimum Gasteiger partial charge on any atom is -0.493 e. The van der Waals surface area contributed by atoms with Gasteiger partial charge in [-0.1, -0.05) is 11.6 Å². The number of fused-ring (bicyclic) bond motifs is 1. The number of carbonyl (C=O) groups is 1. The first-order chi connectivity index (χ1) is 9.63. The third kappa shape index (κ3) is 2.47. The first-order valence-corrected chi connectivity index (χ1v) is 6.70. The van der Waals surface area contributed by atoms with Crippen LogP contribution < -0.4 is 10.1 Å². The van der Waals surface area contributed by atoms with E-state index in [2.05, 4.69) is 10.3 Å². The SMILES string of the molecule is Cc1cnc(Cl)c(NC(=O)c2ccc3c(c2)CCO3)c1. The van der Waals surface area contributed by atoms with Gasteiger partial charge in [-0.2, -0.15) is 0 Å². The highest BCUT2D eigenvalue weighted by atomic mass is 35.5. The molecule has 0 spiro atoms. The molecular weight excluding hydrogens is 276 g/mol. The van der Waals surface area contributed by atoms with Gasteiger partial charge in [0.2, 0.25) is 0 Å². The second-order valence-electron chi connectivity index (χ2n) is 4.73. The van der Waals surface area contributed by atoms with Gasteiger partial charge in [-0.25, -0.2) is 4.98 Å². The Bertz CT molecular complexity index is 686. The summed E-state index contributed by atoms with van der Waals surface area (Å²) < 4.78 is 5.42. The molecule has 0 saturated carbocycles. The number of pyridine rings is 1. The number of anilines is 1. The number of amides is 1. The van der Waals surface area contributed by atoms with Gasteiger partial charge in [0.15, 0.2) is 5.15 Å². The lowest BCUT2D eigenvalue weighted by atomic mass is 10.1. The summed E-state index contributed by atoms with van der Waals surface area (Å²) in [6.45, 7) is 2.57. The maximum Gasteiger partial charge on any atom is 0.255 e. The quantitative estimate of drug-likeness (QED) is 0.863. The number of hydrogen-bond acceptors (Lipinski definition) is 3. The first-order valence-electron chi connectivity index (χ1n) is 6.33. The highest BCUT2D eigenvalue weighted by Gasteiger charge is 2.15. The van der Waals surface area contributed by atoms with Crippen molar-refractivity contribution in [1.29, 1.82) is 0 Å². The molecule has 1 amide bonds. The summed E-state index contributed by atoms with van der Waals surface area (Å²) in [6, 6.07) is 7.22. The maximum atomic E-state index is 12.2. The molecule has 3 rings (SSSR count). The van der Waals surface area contributed by atoms with Crippen LogP contribution in [0.3, 0.4) is 0 Å². The molecule has 0 aliphatic carbocycles. The van der Waals surface area contributed by atoms with Gasteiger partial charge in [-0.05, 0) is 42.3 Å². The summed E-state index contributed by atoms with van der Waals surface area (Å²) >= 11 is 5.98. The van der Waals surface area contributed by atoms with Gasteiger partial charge in [-0.15, -0.1) is 0 Å². The fourth-order valence-corrected chi connectivity index (χ4v) is 2.31. The number of ether oxygens (including phenoxy) is 1. The average Bonchev–Trinajstić information content (AvgIpc) is 2.90. The molecule has 1 aromatic heterocycles. The molecule has 0 unspecified atom stereocenters. The van der Waals surface area contributed by atoms with Crippen molar-refractivity contribution < 1.29 is 9.53 Å². The predicted octanol–water partition coefficient (Wildman–Crippen LogP) is 3.23. The zero-order valence-corrected chi connectivity index (χ0v) is 11.7. The minimum atomic E-state index is -0.200. The predicted molar refractivity (Wildman–Crippen MR) is 77.6 cm³/mol. The van der Waals surface area contributed by atoms with Crippen LogP contribution in [0.4, 0.5) is 5.69 Å². The summed E-state index contributed by atoms with van der Waals surface area (Å²) in [5, 5.41) is 3.07. The Morgan fingerprint density at radius 1 is 1.40 bits per heavy atom. The highest BCUT2D eigenvalue weighted by Crippen LogP contribution is 2.27. The Labute approximate surface area is 121 Å². The van der Waals surface area contributed by atoms with Crippen LogP contribution in [0.15, 0.2) is 30.5 Å². The standard InChI is InChI=1S/C15H13ClN2O2/c1-9-6-12(14(16)17-8-9)18-15(19)11-2-3-13-10(7-11)4-5-20-13/h2-3,6-8H,4-5H2,1H3,(H,18,19). The van der Waals surface area contributed by atoms with Crippen molar-refractivity contribution in [3.63, 3.8) is 0 Å².